The van der Waals surface area contributed by atoms with E-state index in [-0.39, 0.29) is 25.6 Å². The van der Waals surface area contributed by atoms with Crippen LogP contribution in [0.15, 0.2) is 48.5 Å². The Morgan fingerprint density at radius 1 is 1.11 bits per heavy atom. The molecule has 0 aromatic heterocycles. The Balaban J connectivity index is 1.42. The summed E-state index contributed by atoms with van der Waals surface area (Å²) < 4.78 is 38.6. The Bertz CT molecular complexity index is 1080. The molecule has 0 radical (unpaired) electrons. The van der Waals surface area contributed by atoms with Crippen molar-refractivity contribution in [1.29, 1.82) is 0 Å². The van der Waals surface area contributed by atoms with Crippen molar-refractivity contribution in [2.75, 3.05) is 33.4 Å². The molecule has 1 aliphatic carbocycles. The van der Waals surface area contributed by atoms with Gasteiger partial charge in [0.25, 0.3) is 5.92 Å². The van der Waals surface area contributed by atoms with Crippen LogP contribution in [0, 0.1) is 5.92 Å². The molecular formula is C25H26F2N2O6. The van der Waals surface area contributed by atoms with Gasteiger partial charge in [-0.05, 0) is 22.3 Å². The van der Waals surface area contributed by atoms with Gasteiger partial charge in [0, 0.05) is 32.6 Å². The molecule has 2 unspecified atom stereocenters. The van der Waals surface area contributed by atoms with Gasteiger partial charge in [0.2, 0.25) is 5.91 Å². The lowest BCUT2D eigenvalue weighted by Gasteiger charge is -2.24. The maximum atomic E-state index is 14.1. The molecule has 4 rings (SSSR count). The average Bonchev–Trinajstić information content (AvgIpc) is 3.34. The summed E-state index contributed by atoms with van der Waals surface area (Å²) >= 11 is 0. The van der Waals surface area contributed by atoms with E-state index in [2.05, 4.69) is 5.32 Å². The third-order valence-corrected chi connectivity index (χ3v) is 6.47. The number of likely N-dealkylation sites (tertiary alicyclic amines) is 1. The molecule has 0 bridgehead atoms. The number of nitrogens with zero attached hydrogens (tertiary/aromatic N) is 1. The summed E-state index contributed by atoms with van der Waals surface area (Å²) in [6.45, 7) is -1.57. The highest BCUT2D eigenvalue weighted by molar-refractivity contribution is 5.87. The molecule has 2 aliphatic rings. The smallest absolute Gasteiger partial charge is 0.407 e. The van der Waals surface area contributed by atoms with Crippen LogP contribution < -0.4 is 5.32 Å². The summed E-state index contributed by atoms with van der Waals surface area (Å²) in [6.07, 6.45) is -0.860. The average molecular weight is 488 g/mol. The molecule has 1 heterocycles. The molecule has 0 saturated carbocycles. The first-order valence-corrected chi connectivity index (χ1v) is 11.2. The second-order valence-electron chi connectivity index (χ2n) is 8.67. The first-order valence-electron chi connectivity index (χ1n) is 11.2. The van der Waals surface area contributed by atoms with Gasteiger partial charge in [0.1, 0.15) is 18.6 Å². The number of halogens is 2. The van der Waals surface area contributed by atoms with Crippen LogP contribution >= 0.6 is 0 Å². The van der Waals surface area contributed by atoms with E-state index in [1.54, 1.807) is 0 Å². The van der Waals surface area contributed by atoms with Crippen molar-refractivity contribution < 1.29 is 37.7 Å². The number of aliphatic carboxylic acids is 1. The third-order valence-electron chi connectivity index (χ3n) is 6.47. The highest BCUT2D eigenvalue weighted by atomic mass is 19.3. The van der Waals surface area contributed by atoms with E-state index in [1.807, 2.05) is 48.5 Å². The monoisotopic (exact) mass is 488 g/mol. The zero-order valence-corrected chi connectivity index (χ0v) is 19.1. The number of methoxy groups -OCH3 is 1. The number of fused-ring (bicyclic) bond motifs is 3. The van der Waals surface area contributed by atoms with E-state index < -0.39 is 48.9 Å². The standard InChI is InChI=1S/C25H26F2N2O6/c1-34-11-10-21(22(30)29-12-20(23(31)32)25(26,27)14-29)28-24(33)35-13-19-17-8-4-2-6-15(17)16-7-3-5-9-18(16)19/h2-9,19-21H,10-14H2,1H3,(H,28,33)(H,31,32). The highest BCUT2D eigenvalue weighted by Gasteiger charge is 2.54. The topological polar surface area (TPSA) is 105 Å². The second-order valence-corrected chi connectivity index (χ2v) is 8.67. The van der Waals surface area contributed by atoms with E-state index in [0.717, 1.165) is 27.2 Å². The van der Waals surface area contributed by atoms with Gasteiger partial charge in [0.05, 0.1) is 6.54 Å². The molecule has 186 valence electrons. The van der Waals surface area contributed by atoms with Gasteiger partial charge in [0.15, 0.2) is 0 Å². The van der Waals surface area contributed by atoms with Gasteiger partial charge < -0.3 is 24.8 Å². The Morgan fingerprint density at radius 2 is 1.71 bits per heavy atom. The zero-order chi connectivity index (χ0) is 25.2. The van der Waals surface area contributed by atoms with E-state index in [9.17, 15) is 23.2 Å². The van der Waals surface area contributed by atoms with Crippen molar-refractivity contribution in [3.8, 4) is 11.1 Å². The Morgan fingerprint density at radius 3 is 2.26 bits per heavy atom. The molecule has 2 aromatic rings. The quantitative estimate of drug-likeness (QED) is 0.592. The number of carboxylic acids is 1. The van der Waals surface area contributed by atoms with Crippen LogP contribution in [-0.2, 0) is 19.1 Å². The fourth-order valence-corrected chi connectivity index (χ4v) is 4.71. The number of alkyl halides is 2. The number of carbonyl (C=O) groups is 3. The van der Waals surface area contributed by atoms with Gasteiger partial charge in [-0.25, -0.2) is 13.6 Å². The summed E-state index contributed by atoms with van der Waals surface area (Å²) in [5.74, 6) is -8.22. The minimum absolute atomic E-state index is 0.0132. The summed E-state index contributed by atoms with van der Waals surface area (Å²) in [7, 11) is 1.40. The molecule has 0 spiro atoms. The Hall–Kier alpha value is -3.53. The minimum Gasteiger partial charge on any atom is -0.481 e. The number of benzene rings is 2. The first kappa shape index (κ1) is 24.6. The minimum atomic E-state index is -3.56. The molecule has 2 aromatic carbocycles. The Labute approximate surface area is 200 Å². The number of rotatable bonds is 8. The van der Waals surface area contributed by atoms with Gasteiger partial charge in [-0.15, -0.1) is 0 Å². The fraction of sp³-hybridized carbons (Fsp3) is 0.400. The molecule has 8 nitrogen and oxygen atoms in total. The van der Waals surface area contributed by atoms with Crippen molar-refractivity contribution in [3.05, 3.63) is 59.7 Å². The first-order chi connectivity index (χ1) is 16.7. The lowest BCUT2D eigenvalue weighted by molar-refractivity contribution is -0.151. The fourth-order valence-electron chi connectivity index (χ4n) is 4.71. The van der Waals surface area contributed by atoms with Crippen LogP contribution in [0.5, 0.6) is 0 Å². The number of hydrogen-bond acceptors (Lipinski definition) is 5. The number of nitrogens with one attached hydrogen (secondary N) is 1. The van der Waals surface area contributed by atoms with Crippen molar-refractivity contribution >= 4 is 18.0 Å². The summed E-state index contributed by atoms with van der Waals surface area (Å²) in [5, 5.41) is 11.5. The van der Waals surface area contributed by atoms with Crippen LogP contribution in [0.3, 0.4) is 0 Å². The van der Waals surface area contributed by atoms with E-state index >= 15 is 0 Å². The Kier molecular flexibility index (Phi) is 7.02. The van der Waals surface area contributed by atoms with Crippen molar-refractivity contribution in [1.82, 2.24) is 10.2 Å². The van der Waals surface area contributed by atoms with Crippen LogP contribution in [0.2, 0.25) is 0 Å². The molecule has 2 atom stereocenters. The molecule has 10 heteroatoms. The van der Waals surface area contributed by atoms with Crippen LogP contribution in [-0.4, -0.2) is 73.4 Å². The molecular weight excluding hydrogens is 462 g/mol. The lowest BCUT2D eigenvalue weighted by atomic mass is 9.98. The number of alkyl carbamates (subject to hydrolysis) is 1. The highest BCUT2D eigenvalue weighted by Crippen LogP contribution is 2.44. The van der Waals surface area contributed by atoms with Crippen molar-refractivity contribution in [2.24, 2.45) is 5.92 Å². The molecule has 1 saturated heterocycles. The zero-order valence-electron chi connectivity index (χ0n) is 19.1. The van der Waals surface area contributed by atoms with Gasteiger partial charge in [-0.2, -0.15) is 0 Å². The van der Waals surface area contributed by atoms with Crippen molar-refractivity contribution in [3.63, 3.8) is 0 Å². The van der Waals surface area contributed by atoms with Gasteiger partial charge in [-0.3, -0.25) is 9.59 Å². The SMILES string of the molecule is COCCC(NC(=O)OCC1c2ccccc2-c2ccccc21)C(=O)N1CC(C(=O)O)C(F)(F)C1. The normalized spacial score (nSPS) is 19.1. The van der Waals surface area contributed by atoms with E-state index in [1.165, 1.54) is 7.11 Å². The lowest BCUT2D eigenvalue weighted by Crippen LogP contribution is -2.49. The number of carbonyl (C=O) groups excluding carboxylic acids is 2. The molecule has 35 heavy (non-hydrogen) atoms. The third kappa shape index (κ3) is 4.97. The maximum Gasteiger partial charge on any atom is 0.407 e. The van der Waals surface area contributed by atoms with Crippen molar-refractivity contribution in [2.45, 2.75) is 24.3 Å². The maximum absolute atomic E-state index is 14.1. The number of carboxylic acid groups (broad SMARTS) is 1. The number of ether oxygens (including phenoxy) is 2. The van der Waals surface area contributed by atoms with Gasteiger partial charge >= 0.3 is 12.1 Å². The summed E-state index contributed by atoms with van der Waals surface area (Å²) in [6, 6.07) is 14.4. The molecule has 1 fully saturated rings. The number of hydrogen-bond donors (Lipinski definition) is 2. The molecule has 2 N–H and O–H groups in total. The van der Waals surface area contributed by atoms with Gasteiger partial charge in [-0.1, -0.05) is 48.5 Å². The van der Waals surface area contributed by atoms with Crippen LogP contribution in [0.1, 0.15) is 23.5 Å². The molecule has 2 amide bonds. The summed E-state index contributed by atoms with van der Waals surface area (Å²) in [4.78, 5) is 37.5. The predicted molar refractivity (Wildman–Crippen MR) is 121 cm³/mol. The van der Waals surface area contributed by atoms with Crippen LogP contribution in [0.25, 0.3) is 11.1 Å². The van der Waals surface area contributed by atoms with E-state index in [0.29, 0.717) is 0 Å². The van der Waals surface area contributed by atoms with Crippen LogP contribution in [0.4, 0.5) is 13.6 Å². The summed E-state index contributed by atoms with van der Waals surface area (Å²) in [5.41, 5.74) is 4.17. The second kappa shape index (κ2) is 9.99. The van der Waals surface area contributed by atoms with E-state index in [4.69, 9.17) is 14.6 Å². The predicted octanol–water partition coefficient (Wildman–Crippen LogP) is 3.11. The largest absolute Gasteiger partial charge is 0.481 e. The molecule has 1 aliphatic heterocycles. The number of amides is 2.